The van der Waals surface area contributed by atoms with Gasteiger partial charge in [-0.25, -0.2) is 5.43 Å². The van der Waals surface area contributed by atoms with E-state index in [4.69, 9.17) is 11.6 Å². The van der Waals surface area contributed by atoms with Crippen molar-refractivity contribution in [3.8, 4) is 0 Å². The van der Waals surface area contributed by atoms with E-state index in [9.17, 15) is 22.8 Å². The number of alkyl halides is 3. The Bertz CT molecular complexity index is 1560. The molecule has 0 spiro atoms. The Morgan fingerprint density at radius 2 is 1.72 bits per heavy atom. The summed E-state index contributed by atoms with van der Waals surface area (Å²) in [6, 6.07) is 16.2. The molecule has 5 rings (SSSR count). The number of rotatable bonds is 9. The van der Waals surface area contributed by atoms with Crippen molar-refractivity contribution in [2.45, 2.75) is 58.2 Å². The molecular weight excluding hydrogens is 615 g/mol. The molecule has 3 aromatic rings. The van der Waals surface area contributed by atoms with Crippen LogP contribution in [0.2, 0.25) is 5.02 Å². The lowest BCUT2D eigenvalue weighted by Gasteiger charge is -2.31. The minimum absolute atomic E-state index is 0.113. The number of amides is 2. The molecule has 2 fully saturated rings. The Morgan fingerprint density at radius 1 is 0.957 bits per heavy atom. The fourth-order valence-electron chi connectivity index (χ4n) is 6.06. The number of halogens is 4. The van der Waals surface area contributed by atoms with Gasteiger partial charge in [-0.3, -0.25) is 14.5 Å². The first-order chi connectivity index (χ1) is 22.1. The molecule has 0 unspecified atom stereocenters. The van der Waals surface area contributed by atoms with Crippen molar-refractivity contribution in [1.82, 2.24) is 10.3 Å². The second-order valence-electron chi connectivity index (χ2n) is 12.0. The molecule has 0 saturated carbocycles. The number of nitrogens with one attached hydrogen (secondary N) is 2. The Morgan fingerprint density at radius 3 is 2.43 bits per heavy atom. The van der Waals surface area contributed by atoms with E-state index in [0.717, 1.165) is 87.5 Å². The molecule has 2 heterocycles. The number of carbonyl (C=O) groups is 2. The lowest BCUT2D eigenvalue weighted by Crippen LogP contribution is -2.33. The van der Waals surface area contributed by atoms with Gasteiger partial charge in [-0.1, -0.05) is 43.1 Å². The summed E-state index contributed by atoms with van der Waals surface area (Å²) in [5.74, 6) is -0.179. The first kappa shape index (κ1) is 33.5. The number of hydrazone groups is 1. The number of hydrogen-bond donors (Lipinski definition) is 2. The predicted molar refractivity (Wildman–Crippen MR) is 177 cm³/mol. The van der Waals surface area contributed by atoms with Crippen LogP contribution < -0.4 is 15.6 Å². The van der Waals surface area contributed by atoms with Crippen LogP contribution in [0.3, 0.4) is 0 Å². The van der Waals surface area contributed by atoms with E-state index in [1.807, 2.05) is 24.3 Å². The van der Waals surface area contributed by atoms with Crippen LogP contribution >= 0.6 is 11.6 Å². The SMILES string of the molecule is CCC1CCN(Cc2cccc(C(=O)Nc3ccc(N4CCCCC4)cc3C(=O)N/N=C/c3ccc(Cl)c(C(F)(F)F)c3)c2)CC1. The van der Waals surface area contributed by atoms with E-state index in [-0.39, 0.29) is 17.0 Å². The highest BCUT2D eigenvalue weighted by Crippen LogP contribution is 2.35. The largest absolute Gasteiger partial charge is 0.417 e. The van der Waals surface area contributed by atoms with Gasteiger partial charge >= 0.3 is 6.18 Å². The minimum atomic E-state index is -4.63. The Labute approximate surface area is 272 Å². The van der Waals surface area contributed by atoms with Gasteiger partial charge < -0.3 is 10.2 Å². The van der Waals surface area contributed by atoms with Gasteiger partial charge in [0.2, 0.25) is 0 Å². The van der Waals surface area contributed by atoms with E-state index in [2.05, 4.69) is 32.6 Å². The quantitative estimate of drug-likeness (QED) is 0.181. The number of carbonyl (C=O) groups excluding carboxylic acids is 2. The molecule has 244 valence electrons. The predicted octanol–water partition coefficient (Wildman–Crippen LogP) is 7.99. The summed E-state index contributed by atoms with van der Waals surface area (Å²) in [6.07, 6.45) is 3.30. The lowest BCUT2D eigenvalue weighted by molar-refractivity contribution is -0.137. The maximum atomic E-state index is 13.4. The number of anilines is 2. The summed E-state index contributed by atoms with van der Waals surface area (Å²) >= 11 is 5.71. The topological polar surface area (TPSA) is 77.0 Å². The Hall–Kier alpha value is -3.89. The van der Waals surface area contributed by atoms with Gasteiger partial charge in [0.15, 0.2) is 0 Å². The molecule has 0 atom stereocenters. The van der Waals surface area contributed by atoms with Gasteiger partial charge in [0.25, 0.3) is 11.8 Å². The smallest absolute Gasteiger partial charge is 0.372 e. The van der Waals surface area contributed by atoms with Crippen LogP contribution in [0.1, 0.15) is 82.9 Å². The molecule has 2 aliphatic heterocycles. The molecule has 2 saturated heterocycles. The summed E-state index contributed by atoms with van der Waals surface area (Å²) < 4.78 is 39.8. The number of benzene rings is 3. The molecule has 0 aromatic heterocycles. The van der Waals surface area contributed by atoms with Crippen LogP contribution in [0.15, 0.2) is 65.8 Å². The van der Waals surface area contributed by atoms with Crippen LogP contribution in [0.4, 0.5) is 24.5 Å². The molecule has 0 aliphatic carbocycles. The third kappa shape index (κ3) is 8.67. The third-order valence-electron chi connectivity index (χ3n) is 8.77. The van der Waals surface area contributed by atoms with E-state index in [0.29, 0.717) is 11.3 Å². The molecule has 0 radical (unpaired) electrons. The summed E-state index contributed by atoms with van der Waals surface area (Å²) in [5.41, 5.74) is 4.39. The zero-order valence-corrected chi connectivity index (χ0v) is 26.6. The monoisotopic (exact) mass is 653 g/mol. The summed E-state index contributed by atoms with van der Waals surface area (Å²) in [4.78, 5) is 31.5. The number of hydrogen-bond acceptors (Lipinski definition) is 5. The molecule has 3 aromatic carbocycles. The molecule has 2 amide bonds. The first-order valence-electron chi connectivity index (χ1n) is 15.8. The fourth-order valence-corrected chi connectivity index (χ4v) is 6.29. The van der Waals surface area contributed by atoms with Crippen molar-refractivity contribution in [1.29, 1.82) is 0 Å². The Balaban J connectivity index is 1.33. The molecular formula is C35H39ClF3N5O2. The molecule has 46 heavy (non-hydrogen) atoms. The average molecular weight is 654 g/mol. The minimum Gasteiger partial charge on any atom is -0.372 e. The van der Waals surface area contributed by atoms with Gasteiger partial charge in [0.05, 0.1) is 28.1 Å². The third-order valence-corrected chi connectivity index (χ3v) is 9.10. The normalized spacial score (nSPS) is 16.5. The van der Waals surface area contributed by atoms with Crippen LogP contribution in [-0.2, 0) is 12.7 Å². The molecule has 2 N–H and O–H groups in total. The van der Waals surface area contributed by atoms with Crippen molar-refractivity contribution in [3.05, 3.63) is 93.5 Å². The molecule has 7 nitrogen and oxygen atoms in total. The number of likely N-dealkylation sites (tertiary alicyclic amines) is 1. The summed E-state index contributed by atoms with van der Waals surface area (Å²) in [6.45, 7) is 6.80. The lowest BCUT2D eigenvalue weighted by atomic mass is 9.94. The zero-order valence-electron chi connectivity index (χ0n) is 25.9. The van der Waals surface area contributed by atoms with Crippen LogP contribution in [0.5, 0.6) is 0 Å². The van der Waals surface area contributed by atoms with Gasteiger partial charge in [0.1, 0.15) is 0 Å². The van der Waals surface area contributed by atoms with Crippen molar-refractivity contribution >= 4 is 41.0 Å². The van der Waals surface area contributed by atoms with Gasteiger partial charge in [-0.2, -0.15) is 18.3 Å². The summed E-state index contributed by atoms with van der Waals surface area (Å²) in [5, 5.41) is 6.37. The van der Waals surface area contributed by atoms with Gasteiger partial charge in [-0.15, -0.1) is 0 Å². The van der Waals surface area contributed by atoms with E-state index in [1.54, 1.807) is 18.2 Å². The molecule has 2 aliphatic rings. The van der Waals surface area contributed by atoms with Crippen molar-refractivity contribution in [2.75, 3.05) is 36.4 Å². The van der Waals surface area contributed by atoms with Crippen LogP contribution in [0, 0.1) is 5.92 Å². The maximum Gasteiger partial charge on any atom is 0.417 e. The summed E-state index contributed by atoms with van der Waals surface area (Å²) in [7, 11) is 0. The highest BCUT2D eigenvalue weighted by molar-refractivity contribution is 6.31. The Kier molecular flexibility index (Phi) is 11.0. The van der Waals surface area contributed by atoms with Crippen LogP contribution in [0.25, 0.3) is 0 Å². The van der Waals surface area contributed by atoms with E-state index >= 15 is 0 Å². The second kappa shape index (κ2) is 15.1. The number of piperidine rings is 2. The van der Waals surface area contributed by atoms with Crippen molar-refractivity contribution in [3.63, 3.8) is 0 Å². The average Bonchev–Trinajstić information content (AvgIpc) is 3.06. The van der Waals surface area contributed by atoms with E-state index < -0.39 is 22.7 Å². The molecule has 11 heteroatoms. The number of nitrogens with zero attached hydrogens (tertiary/aromatic N) is 3. The van der Waals surface area contributed by atoms with Crippen LogP contribution in [-0.4, -0.2) is 49.1 Å². The maximum absolute atomic E-state index is 13.4. The highest BCUT2D eigenvalue weighted by atomic mass is 35.5. The molecule has 0 bridgehead atoms. The highest BCUT2D eigenvalue weighted by Gasteiger charge is 2.33. The van der Waals surface area contributed by atoms with Crippen molar-refractivity contribution in [2.24, 2.45) is 11.0 Å². The van der Waals surface area contributed by atoms with Gasteiger partial charge in [0, 0.05) is 30.9 Å². The second-order valence-corrected chi connectivity index (χ2v) is 12.4. The zero-order chi connectivity index (χ0) is 32.7. The standard InChI is InChI=1S/C35H39ClF3N5O2/c1-2-24-13-17-43(18-14-24)23-26-7-6-8-27(19-26)33(45)41-32-12-10-28(44-15-4-3-5-16-44)21-29(32)34(46)42-40-22-25-9-11-31(36)30(20-25)35(37,38)39/h6-12,19-22,24H,2-5,13-18,23H2,1H3,(H,41,45)(H,42,46)/b40-22+. The van der Waals surface area contributed by atoms with Crippen molar-refractivity contribution < 1.29 is 22.8 Å². The first-order valence-corrected chi connectivity index (χ1v) is 16.2. The van der Waals surface area contributed by atoms with E-state index in [1.165, 1.54) is 25.3 Å². The fraction of sp³-hybridized carbons (Fsp3) is 0.400. The van der Waals surface area contributed by atoms with Gasteiger partial charge in [-0.05, 0) is 105 Å².